The van der Waals surface area contributed by atoms with Crippen LogP contribution < -0.4 is 5.43 Å². The molecule has 15 rings (SSSR count). The average molecular weight is 1990 g/mol. The standard InChI is InChI=1S/C88H139N3O47/c1-31-62(130-74-60(113)65(40(97)28-122-74)132-76-55(108)50(103)48(101)41(24-92)128-76)52(105)57(110)75(123-31)136-69-58(111)63(131-78-61(114)67(64(33(3)124-78)126-34(4)94)134-73-54(107)47(100)39(96)27-121-73)32(2)125-79(69)138-81(117)88-16-15-83(5,6)22-37(88)36-11-12-43-85(8)14-13-35(21-44(85)84(7,29-87(43,10)86(36,9)23-45(88)98)30-89-90-82(118)91-17-19-119-20-18-91)127-80-70(137-77-56(109)51(104)49(102)42(25-93)129-77)66(59(112)68(135-80)71(115)116)133-72-53(106)46(99)38(95)26-120-72/h11,30-33,35,37-70,72-80,92-93,95-114H,12-29H2,1-10H3,(H,90,118)(H,115,116)/b89-30+/t31?,32?,33?,35-,37?,38?,39?,40?,41?,42?,43?,44?,45+,46?,47?,48?,49?,50?,51?,52?,53?,54?,55?,56?,57?,58?,59?,60?,61?,62?,63?,64?,65?,66?,67?,68?,69?,70?,72?,73?,74?,75?,76?,77?,78?,79?,80?,84+,85+,86+,87+,88+/m0/s1. The Bertz CT molecular complexity index is 4200. The van der Waals surface area contributed by atoms with Crippen LogP contribution in [0.2, 0.25) is 0 Å². The normalized spacial score (nSPS) is 52.2. The van der Waals surface area contributed by atoms with Crippen molar-refractivity contribution in [2.45, 2.75) is 397 Å². The second-order valence-electron chi connectivity index (χ2n) is 41.6. The van der Waals surface area contributed by atoms with Gasteiger partial charge in [-0.25, -0.2) is 15.0 Å². The number of aliphatic hydroxyl groups is 22. The molecule has 15 aliphatic rings. The number of nitrogens with zero attached hydrogens (tertiary/aromatic N) is 2. The highest BCUT2D eigenvalue weighted by Gasteiger charge is 2.74. The van der Waals surface area contributed by atoms with Gasteiger partial charge < -0.3 is 217 Å². The molecule has 0 aromatic rings. The van der Waals surface area contributed by atoms with Crippen molar-refractivity contribution in [3.05, 3.63) is 11.6 Å². The molecule has 2 amide bonds. The highest BCUT2D eigenvalue weighted by Crippen LogP contribution is 2.77. The van der Waals surface area contributed by atoms with Crippen molar-refractivity contribution in [3.63, 3.8) is 0 Å². The van der Waals surface area contributed by atoms with Gasteiger partial charge in [-0.3, -0.25) is 9.59 Å². The lowest BCUT2D eigenvalue weighted by Crippen LogP contribution is -2.70. The van der Waals surface area contributed by atoms with Crippen LogP contribution in [0.4, 0.5) is 4.79 Å². The lowest BCUT2D eigenvalue weighted by Gasteiger charge is -2.72. The number of nitrogens with one attached hydrogen (secondary N) is 1. The van der Waals surface area contributed by atoms with Gasteiger partial charge in [-0.05, 0) is 118 Å². The lowest BCUT2D eigenvalue weighted by atomic mass is 9.31. The number of aliphatic carboxylic acids is 1. The van der Waals surface area contributed by atoms with Gasteiger partial charge in [-0.1, -0.05) is 53.2 Å². The Morgan fingerprint density at radius 2 is 0.949 bits per heavy atom. The van der Waals surface area contributed by atoms with E-state index in [4.69, 9.17) is 99.8 Å². The van der Waals surface area contributed by atoms with Crippen LogP contribution >= 0.6 is 0 Å². The molecular weight excluding hydrogens is 1850 g/mol. The van der Waals surface area contributed by atoms with Gasteiger partial charge in [0.1, 0.15) is 170 Å². The predicted molar refractivity (Wildman–Crippen MR) is 449 cm³/mol. The van der Waals surface area contributed by atoms with E-state index in [9.17, 15) is 132 Å². The summed E-state index contributed by atoms with van der Waals surface area (Å²) in [5, 5.41) is 264. The van der Waals surface area contributed by atoms with Gasteiger partial charge in [0.25, 0.3) is 0 Å². The van der Waals surface area contributed by atoms with E-state index in [-0.39, 0.29) is 70.7 Å². The summed E-state index contributed by atoms with van der Waals surface area (Å²) in [6.07, 6.45) is -76.2. The highest BCUT2D eigenvalue weighted by atomic mass is 16.8. The van der Waals surface area contributed by atoms with Crippen molar-refractivity contribution >= 4 is 30.2 Å². The van der Waals surface area contributed by atoms with E-state index < -0.39 is 372 Å². The van der Waals surface area contributed by atoms with Gasteiger partial charge in [0, 0.05) is 31.6 Å². The van der Waals surface area contributed by atoms with Crippen LogP contribution in [0.5, 0.6) is 0 Å². The second-order valence-corrected chi connectivity index (χ2v) is 41.6. The first-order chi connectivity index (χ1) is 65.0. The Kier molecular flexibility index (Phi) is 33.1. The number of carboxylic acid groups (broad SMARTS) is 1. The minimum absolute atomic E-state index is 0.0277. The van der Waals surface area contributed by atoms with Gasteiger partial charge >= 0.3 is 23.9 Å². The number of hydrogen-bond donors (Lipinski definition) is 24. The van der Waals surface area contributed by atoms with Crippen LogP contribution in [0.15, 0.2) is 16.8 Å². The van der Waals surface area contributed by atoms with Gasteiger partial charge in [0.15, 0.2) is 68.6 Å². The molecule has 0 spiro atoms. The van der Waals surface area contributed by atoms with Gasteiger partial charge in [-0.2, -0.15) is 5.10 Å². The molecule has 138 heavy (non-hydrogen) atoms. The summed E-state index contributed by atoms with van der Waals surface area (Å²) in [6.45, 7) is 14.8. The number of aliphatic hydroxyl groups excluding tert-OH is 22. The number of hydrogen-bond acceptors (Lipinski definition) is 47. The number of esters is 2. The molecule has 14 fully saturated rings. The van der Waals surface area contributed by atoms with Crippen molar-refractivity contribution in [2.75, 3.05) is 59.3 Å². The predicted octanol–water partition coefficient (Wildman–Crippen LogP) is -9.27. The number of ether oxygens (including phenoxy) is 20. The monoisotopic (exact) mass is 1990 g/mol. The maximum atomic E-state index is 16.7. The molecule has 10 aliphatic heterocycles. The SMILES string of the molecule is CC(=O)OC1C(C)OC(OC2C(C)OC(OC(=O)[C@]34CCC(C)(C)CC3C3=CCC5[C@@]6(C)CC[C@H](OC7OC(C(=O)O)C(O)C(OC8OCC(O)C(O)C8O)C7OC7OC(CO)C(O)C(O)C7O)CC6[C@@](C)(/C=N/NC(=O)N6CCOCC6)C[C@@]5(C)[C@]3(C)C[C@H]4O)C(OC3OC(C)C(OC4OCC(O)C(OC5OC(CO)C(O)C(O)C5O)C4O)C(O)C3O)C2O)C(O)C1OC1OCC(O)C(O)C1O. The van der Waals surface area contributed by atoms with Gasteiger partial charge in [-0.15, -0.1) is 0 Å². The molecule has 50 heteroatoms. The number of urea groups is 1. The summed E-state index contributed by atoms with van der Waals surface area (Å²) in [4.78, 5) is 58.2. The van der Waals surface area contributed by atoms with Crippen molar-refractivity contribution < 1.29 is 231 Å². The minimum atomic E-state index is -2.26. The topological polar surface area (TPSA) is 746 Å². The van der Waals surface area contributed by atoms with Crippen molar-refractivity contribution in [1.29, 1.82) is 0 Å². The third-order valence-corrected chi connectivity index (χ3v) is 32.2. The number of allylic oxidation sites excluding steroid dienone is 2. The lowest BCUT2D eigenvalue weighted by molar-refractivity contribution is -0.392. The van der Waals surface area contributed by atoms with Crippen LogP contribution in [0, 0.1) is 50.2 Å². The van der Waals surface area contributed by atoms with Crippen LogP contribution in [0.3, 0.4) is 0 Å². The number of carbonyl (C=O) groups excluding carboxylic acids is 3. The third kappa shape index (κ3) is 20.3. The molecule has 788 valence electrons. The summed E-state index contributed by atoms with van der Waals surface area (Å²) >= 11 is 0. The molecule has 5 aliphatic carbocycles. The van der Waals surface area contributed by atoms with E-state index in [0.29, 0.717) is 19.3 Å². The summed E-state index contributed by atoms with van der Waals surface area (Å²) in [5.41, 5.74) is -2.91. The fourth-order valence-electron chi connectivity index (χ4n) is 24.4. The Morgan fingerprint density at radius 1 is 0.471 bits per heavy atom. The molecule has 0 aromatic carbocycles. The fourth-order valence-corrected chi connectivity index (χ4v) is 24.4. The molecule has 10 saturated heterocycles. The number of carbonyl (C=O) groups is 4. The summed E-state index contributed by atoms with van der Waals surface area (Å²) in [7, 11) is 0. The number of hydrazone groups is 1. The number of carboxylic acids is 1. The molecule has 50 nitrogen and oxygen atoms in total. The number of morpholine rings is 1. The number of rotatable bonds is 24. The summed E-state index contributed by atoms with van der Waals surface area (Å²) in [5.74, 6) is -5.44. The van der Waals surface area contributed by atoms with E-state index in [1.54, 1.807) is 6.21 Å². The maximum Gasteiger partial charge on any atom is 0.337 e. The first kappa shape index (κ1) is 108. The van der Waals surface area contributed by atoms with E-state index in [1.807, 2.05) is 27.7 Å². The van der Waals surface area contributed by atoms with Crippen LogP contribution in [-0.2, 0) is 109 Å². The zero-order valence-electron chi connectivity index (χ0n) is 78.0. The first-order valence-electron chi connectivity index (χ1n) is 47.3. The zero-order valence-corrected chi connectivity index (χ0v) is 78.0. The average Bonchev–Trinajstić information content (AvgIpc) is 0.663. The number of amides is 2. The van der Waals surface area contributed by atoms with Crippen LogP contribution in [0.1, 0.15) is 127 Å². The highest BCUT2D eigenvalue weighted by molar-refractivity contribution is 5.80. The maximum absolute atomic E-state index is 16.7. The smallest absolute Gasteiger partial charge is 0.337 e. The molecule has 45 unspecified atom stereocenters. The molecule has 4 saturated carbocycles. The molecule has 0 radical (unpaired) electrons. The molecule has 10 heterocycles. The zero-order chi connectivity index (χ0) is 100. The van der Waals surface area contributed by atoms with Crippen LogP contribution in [0.25, 0.3) is 0 Å². The van der Waals surface area contributed by atoms with E-state index in [2.05, 4.69) is 25.3 Å². The molecule has 0 bridgehead atoms. The summed E-state index contributed by atoms with van der Waals surface area (Å²) < 4.78 is 121. The molecular formula is C88H139N3O47. The van der Waals surface area contributed by atoms with E-state index >= 15 is 4.79 Å². The first-order valence-corrected chi connectivity index (χ1v) is 47.3. The second kappa shape index (κ2) is 42.4. The van der Waals surface area contributed by atoms with Crippen molar-refractivity contribution in [1.82, 2.24) is 10.3 Å². The van der Waals surface area contributed by atoms with Crippen molar-refractivity contribution in [2.24, 2.45) is 55.3 Å². The Labute approximate surface area is 792 Å². The van der Waals surface area contributed by atoms with Crippen molar-refractivity contribution in [3.8, 4) is 0 Å². The molecule has 52 atom stereocenters. The third-order valence-electron chi connectivity index (χ3n) is 32.2. The molecule has 0 aromatic heterocycles. The summed E-state index contributed by atoms with van der Waals surface area (Å²) in [6, 6.07) is -0.537. The van der Waals surface area contributed by atoms with E-state index in [0.717, 1.165) is 12.5 Å². The number of fused-ring (bicyclic) bond motifs is 7. The van der Waals surface area contributed by atoms with Crippen LogP contribution in [-0.4, -0.2) is 482 Å². The Hall–Kier alpha value is -4.51. The Balaban J connectivity index is 0.738. The Morgan fingerprint density at radius 3 is 1.52 bits per heavy atom. The quantitative estimate of drug-likeness (QED) is 0.0140. The largest absolute Gasteiger partial charge is 0.479 e. The van der Waals surface area contributed by atoms with E-state index in [1.165, 1.54) is 25.7 Å². The van der Waals surface area contributed by atoms with Gasteiger partial charge in [0.05, 0.1) is 76.8 Å². The fraction of sp³-hybridized carbons (Fsp3) is 0.920. The molecule has 24 N–H and O–H groups in total. The van der Waals surface area contributed by atoms with Gasteiger partial charge in [0.2, 0.25) is 6.29 Å². The minimum Gasteiger partial charge on any atom is -0.479 e.